The lowest BCUT2D eigenvalue weighted by atomic mass is 9.79. The topological polar surface area (TPSA) is 46.1 Å². The molecule has 1 aromatic rings. The van der Waals surface area contributed by atoms with Gasteiger partial charge in [-0.3, -0.25) is 4.99 Å². The van der Waals surface area contributed by atoms with Crippen LogP contribution < -0.4 is 5.32 Å². The lowest BCUT2D eigenvalue weighted by molar-refractivity contribution is 0.00989. The van der Waals surface area contributed by atoms with Crippen molar-refractivity contribution < 1.29 is 9.47 Å². The third-order valence-electron chi connectivity index (χ3n) is 6.40. The molecule has 3 rings (SSSR count). The van der Waals surface area contributed by atoms with E-state index in [-0.39, 0.29) is 5.41 Å². The van der Waals surface area contributed by atoms with Crippen molar-refractivity contribution in [3.8, 4) is 0 Å². The highest BCUT2D eigenvalue weighted by atomic mass is 16.5. The molecule has 1 N–H and O–H groups in total. The highest BCUT2D eigenvalue weighted by Gasteiger charge is 2.35. The molecule has 0 atom stereocenters. The van der Waals surface area contributed by atoms with Gasteiger partial charge in [-0.1, -0.05) is 43.2 Å². The minimum atomic E-state index is 0.213. The summed E-state index contributed by atoms with van der Waals surface area (Å²) in [6.45, 7) is 7.55. The summed E-state index contributed by atoms with van der Waals surface area (Å²) in [4.78, 5) is 7.58. The van der Waals surface area contributed by atoms with Crippen LogP contribution in [0.5, 0.6) is 0 Å². The molecule has 5 heteroatoms. The number of nitrogens with zero attached hydrogens (tertiary/aromatic N) is 2. The Hall–Kier alpha value is -1.59. The number of piperidine rings is 1. The molecular weight excluding hydrogens is 362 g/mol. The summed E-state index contributed by atoms with van der Waals surface area (Å²) in [5.74, 6) is 1.08. The standard InChI is InChI=1S/C24H39N3O2/c1-3-25-23(27-16-12-22(13-17-27)29-19-9-18-28-2)26-20-24(14-7-8-15-24)21-10-5-4-6-11-21/h4-6,10-11,22H,3,7-9,12-20H2,1-2H3,(H,25,26). The quantitative estimate of drug-likeness (QED) is 0.386. The molecular formula is C24H39N3O2. The number of likely N-dealkylation sites (tertiary alicyclic amines) is 1. The fraction of sp³-hybridized carbons (Fsp3) is 0.708. The van der Waals surface area contributed by atoms with Crippen LogP contribution in [-0.2, 0) is 14.9 Å². The maximum absolute atomic E-state index is 6.02. The van der Waals surface area contributed by atoms with Gasteiger partial charge in [0, 0.05) is 45.4 Å². The van der Waals surface area contributed by atoms with Gasteiger partial charge in [-0.2, -0.15) is 0 Å². The van der Waals surface area contributed by atoms with Gasteiger partial charge < -0.3 is 19.7 Å². The molecule has 1 saturated heterocycles. The smallest absolute Gasteiger partial charge is 0.193 e. The Labute approximate surface area is 176 Å². The molecule has 5 nitrogen and oxygen atoms in total. The third-order valence-corrected chi connectivity index (χ3v) is 6.40. The van der Waals surface area contributed by atoms with Crippen molar-refractivity contribution in [2.24, 2.45) is 4.99 Å². The molecule has 0 unspecified atom stereocenters. The molecule has 1 saturated carbocycles. The number of methoxy groups -OCH3 is 1. The van der Waals surface area contributed by atoms with E-state index in [0.29, 0.717) is 6.10 Å². The van der Waals surface area contributed by atoms with E-state index < -0.39 is 0 Å². The van der Waals surface area contributed by atoms with Gasteiger partial charge in [0.1, 0.15) is 0 Å². The monoisotopic (exact) mass is 401 g/mol. The number of hydrogen-bond acceptors (Lipinski definition) is 3. The van der Waals surface area contributed by atoms with Crippen molar-refractivity contribution in [1.82, 2.24) is 10.2 Å². The number of ether oxygens (including phenoxy) is 2. The van der Waals surface area contributed by atoms with Crippen LogP contribution >= 0.6 is 0 Å². The van der Waals surface area contributed by atoms with E-state index in [4.69, 9.17) is 14.5 Å². The van der Waals surface area contributed by atoms with Crippen molar-refractivity contribution in [3.63, 3.8) is 0 Å². The summed E-state index contributed by atoms with van der Waals surface area (Å²) in [7, 11) is 1.74. The number of benzene rings is 1. The zero-order valence-electron chi connectivity index (χ0n) is 18.4. The molecule has 2 fully saturated rings. The van der Waals surface area contributed by atoms with E-state index in [1.165, 1.54) is 31.2 Å². The summed E-state index contributed by atoms with van der Waals surface area (Å²) in [5, 5.41) is 3.54. The van der Waals surface area contributed by atoms with E-state index in [1.54, 1.807) is 7.11 Å². The second kappa shape index (κ2) is 11.6. The van der Waals surface area contributed by atoms with Gasteiger partial charge in [0.15, 0.2) is 5.96 Å². The molecule has 1 heterocycles. The fourth-order valence-corrected chi connectivity index (χ4v) is 4.72. The van der Waals surface area contributed by atoms with Crippen LogP contribution in [0.15, 0.2) is 35.3 Å². The first-order valence-corrected chi connectivity index (χ1v) is 11.5. The normalized spacial score (nSPS) is 20.2. The van der Waals surface area contributed by atoms with Crippen molar-refractivity contribution >= 4 is 5.96 Å². The first-order chi connectivity index (χ1) is 14.3. The number of nitrogens with one attached hydrogen (secondary N) is 1. The average Bonchev–Trinajstić information content (AvgIpc) is 3.26. The molecule has 0 radical (unpaired) electrons. The van der Waals surface area contributed by atoms with Crippen LogP contribution in [0.25, 0.3) is 0 Å². The summed E-state index contributed by atoms with van der Waals surface area (Å²) in [6.07, 6.45) is 8.61. The Bertz CT molecular complexity index is 606. The van der Waals surface area contributed by atoms with Crippen LogP contribution in [0.1, 0.15) is 57.4 Å². The summed E-state index contributed by atoms with van der Waals surface area (Å²) < 4.78 is 11.1. The fourth-order valence-electron chi connectivity index (χ4n) is 4.72. The lowest BCUT2D eigenvalue weighted by Crippen LogP contribution is -2.47. The second-order valence-corrected chi connectivity index (χ2v) is 8.43. The molecule has 1 aliphatic carbocycles. The maximum atomic E-state index is 6.02. The lowest BCUT2D eigenvalue weighted by Gasteiger charge is -2.35. The highest BCUT2D eigenvalue weighted by Crippen LogP contribution is 2.41. The van der Waals surface area contributed by atoms with Gasteiger partial charge in [0.25, 0.3) is 0 Å². The van der Waals surface area contributed by atoms with E-state index in [9.17, 15) is 0 Å². The molecule has 29 heavy (non-hydrogen) atoms. The predicted molar refractivity (Wildman–Crippen MR) is 120 cm³/mol. The number of hydrogen-bond donors (Lipinski definition) is 1. The molecule has 0 bridgehead atoms. The van der Waals surface area contributed by atoms with Gasteiger partial charge in [0.05, 0.1) is 12.6 Å². The number of rotatable bonds is 9. The minimum Gasteiger partial charge on any atom is -0.385 e. The van der Waals surface area contributed by atoms with E-state index >= 15 is 0 Å². The molecule has 1 aliphatic heterocycles. The van der Waals surface area contributed by atoms with E-state index in [1.807, 2.05) is 0 Å². The van der Waals surface area contributed by atoms with Crippen LogP contribution in [0.4, 0.5) is 0 Å². The molecule has 0 amide bonds. The van der Waals surface area contributed by atoms with Crippen molar-refractivity contribution in [1.29, 1.82) is 0 Å². The van der Waals surface area contributed by atoms with Crippen molar-refractivity contribution in [2.45, 2.75) is 63.4 Å². The zero-order valence-corrected chi connectivity index (χ0v) is 18.4. The van der Waals surface area contributed by atoms with E-state index in [2.05, 4.69) is 47.5 Å². The van der Waals surface area contributed by atoms with Crippen LogP contribution in [0.3, 0.4) is 0 Å². The molecule has 1 aromatic carbocycles. The van der Waals surface area contributed by atoms with Gasteiger partial charge in [0.2, 0.25) is 0 Å². The highest BCUT2D eigenvalue weighted by molar-refractivity contribution is 5.80. The van der Waals surface area contributed by atoms with Crippen LogP contribution in [0.2, 0.25) is 0 Å². The summed E-state index contributed by atoms with van der Waals surface area (Å²) >= 11 is 0. The molecule has 2 aliphatic rings. The summed E-state index contributed by atoms with van der Waals surface area (Å²) in [6, 6.07) is 11.0. The Kier molecular flexibility index (Phi) is 8.81. The Balaban J connectivity index is 1.58. The van der Waals surface area contributed by atoms with Gasteiger partial charge in [-0.15, -0.1) is 0 Å². The first kappa shape index (κ1) is 22.1. The van der Waals surface area contributed by atoms with Gasteiger partial charge in [-0.05, 0) is 44.6 Å². The third kappa shape index (κ3) is 6.19. The van der Waals surface area contributed by atoms with E-state index in [0.717, 1.165) is 64.6 Å². The Morgan fingerprint density at radius 1 is 1.14 bits per heavy atom. The second-order valence-electron chi connectivity index (χ2n) is 8.43. The predicted octanol–water partition coefficient (Wildman–Crippen LogP) is 3.98. The number of guanidine groups is 1. The van der Waals surface area contributed by atoms with Gasteiger partial charge >= 0.3 is 0 Å². The van der Waals surface area contributed by atoms with Gasteiger partial charge in [-0.25, -0.2) is 0 Å². The zero-order chi connectivity index (χ0) is 20.4. The molecule has 162 valence electrons. The largest absolute Gasteiger partial charge is 0.385 e. The van der Waals surface area contributed by atoms with Crippen molar-refractivity contribution in [2.75, 3.05) is 46.5 Å². The van der Waals surface area contributed by atoms with Crippen LogP contribution in [0, 0.1) is 0 Å². The minimum absolute atomic E-state index is 0.213. The van der Waals surface area contributed by atoms with Crippen LogP contribution in [-0.4, -0.2) is 63.5 Å². The van der Waals surface area contributed by atoms with Crippen molar-refractivity contribution in [3.05, 3.63) is 35.9 Å². The maximum Gasteiger partial charge on any atom is 0.193 e. The molecule has 0 aromatic heterocycles. The first-order valence-electron chi connectivity index (χ1n) is 11.5. The average molecular weight is 402 g/mol. The molecule has 0 spiro atoms. The Morgan fingerprint density at radius 3 is 2.52 bits per heavy atom. The Morgan fingerprint density at radius 2 is 1.86 bits per heavy atom. The summed E-state index contributed by atoms with van der Waals surface area (Å²) in [5.41, 5.74) is 1.67. The SMILES string of the molecule is CCNC(=NCC1(c2ccccc2)CCCC1)N1CCC(OCCCOC)CC1. The number of aliphatic imine (C=N–C) groups is 1.